The first-order chi connectivity index (χ1) is 9.08. The smallest absolute Gasteiger partial charge is 0.327 e. The number of carboxylic acids is 1. The number of carbonyl (C=O) groups is 1. The zero-order chi connectivity index (χ0) is 14.9. The van der Waals surface area contributed by atoms with Gasteiger partial charge in [-0.1, -0.05) is 36.9 Å². The third-order valence-electron chi connectivity index (χ3n) is 1.40. The lowest BCUT2D eigenvalue weighted by atomic mass is 10.3. The molecule has 0 saturated heterocycles. The molecule has 1 rings (SSSR count). The Balaban J connectivity index is 0. The van der Waals surface area contributed by atoms with E-state index in [0.29, 0.717) is 19.0 Å². The van der Waals surface area contributed by atoms with Crippen LogP contribution in [0.3, 0.4) is 0 Å². The van der Waals surface area contributed by atoms with E-state index in [0.717, 1.165) is 6.08 Å². The lowest BCUT2D eigenvalue weighted by Crippen LogP contribution is -1.87. The number of phenols is 1. The molecule has 1 aromatic rings. The highest BCUT2D eigenvalue weighted by Gasteiger charge is 1.75. The van der Waals surface area contributed by atoms with Crippen molar-refractivity contribution in [2.24, 2.45) is 0 Å². The Morgan fingerprint density at radius 3 is 1.74 bits per heavy atom. The van der Waals surface area contributed by atoms with Gasteiger partial charge in [0.1, 0.15) is 5.75 Å². The van der Waals surface area contributed by atoms with Crippen LogP contribution in [0.2, 0.25) is 0 Å². The van der Waals surface area contributed by atoms with Gasteiger partial charge in [0.15, 0.2) is 0 Å². The van der Waals surface area contributed by atoms with Crippen molar-refractivity contribution in [2.45, 2.75) is 0 Å². The first-order valence-corrected chi connectivity index (χ1v) is 5.47. The fraction of sp³-hybridized carbons (Fsp3) is 0.133. The van der Waals surface area contributed by atoms with E-state index in [1.165, 1.54) is 0 Å². The Labute approximate surface area is 114 Å². The molecule has 0 heterocycles. The van der Waals surface area contributed by atoms with Gasteiger partial charge >= 0.3 is 5.97 Å². The Hall–Kier alpha value is -2.33. The molecule has 0 atom stereocenters. The molecule has 1 aromatic carbocycles. The van der Waals surface area contributed by atoms with Crippen molar-refractivity contribution in [3.8, 4) is 5.75 Å². The summed E-state index contributed by atoms with van der Waals surface area (Å²) in [5.74, 6) is -0.660. The van der Waals surface area contributed by atoms with Crippen molar-refractivity contribution in [1.29, 1.82) is 0 Å². The van der Waals surface area contributed by atoms with Crippen LogP contribution in [0.25, 0.3) is 0 Å². The minimum atomic E-state index is -0.981. The summed E-state index contributed by atoms with van der Waals surface area (Å²) in [6.45, 7) is 11.1. The van der Waals surface area contributed by atoms with Gasteiger partial charge in [-0.25, -0.2) is 4.79 Å². The third kappa shape index (κ3) is 21.5. The molecule has 0 bridgehead atoms. The summed E-state index contributed by atoms with van der Waals surface area (Å²) in [6.07, 6.45) is 4.26. The van der Waals surface area contributed by atoms with Crippen LogP contribution < -0.4 is 0 Å². The molecule has 0 aliphatic rings. The lowest BCUT2D eigenvalue weighted by molar-refractivity contribution is -0.131. The van der Waals surface area contributed by atoms with Gasteiger partial charge in [-0.05, 0) is 12.1 Å². The standard InChI is InChI=1S/C6H6O.C6H10O.C3H4O2/c7-6-4-2-1-3-5-6;1-3-5-7-6-4-2;1-2-3(4)5/h1-5,7H;3-4H,1-2,5-6H2;2H,1H2,(H,4,5). The monoisotopic (exact) mass is 264 g/mol. The van der Waals surface area contributed by atoms with Crippen molar-refractivity contribution in [3.63, 3.8) is 0 Å². The normalized spacial score (nSPS) is 7.79. The summed E-state index contributed by atoms with van der Waals surface area (Å²) >= 11 is 0. The zero-order valence-corrected chi connectivity index (χ0v) is 10.9. The van der Waals surface area contributed by atoms with E-state index in [2.05, 4.69) is 19.7 Å². The van der Waals surface area contributed by atoms with Gasteiger partial charge in [0.05, 0.1) is 13.2 Å². The molecule has 19 heavy (non-hydrogen) atoms. The van der Waals surface area contributed by atoms with Crippen LogP contribution >= 0.6 is 0 Å². The number of hydrogen-bond donors (Lipinski definition) is 2. The molecule has 4 heteroatoms. The molecule has 104 valence electrons. The third-order valence-corrected chi connectivity index (χ3v) is 1.40. The van der Waals surface area contributed by atoms with Gasteiger partial charge in [-0.3, -0.25) is 0 Å². The molecular weight excluding hydrogens is 244 g/mol. The molecule has 0 radical (unpaired) electrons. The molecule has 0 aliphatic carbocycles. The maximum absolute atomic E-state index is 9.25. The van der Waals surface area contributed by atoms with Gasteiger partial charge in [0, 0.05) is 6.08 Å². The Kier molecular flexibility index (Phi) is 15.7. The molecule has 0 saturated carbocycles. The summed E-state index contributed by atoms with van der Waals surface area (Å²) in [4.78, 5) is 9.25. The summed E-state index contributed by atoms with van der Waals surface area (Å²) in [5.41, 5.74) is 0. The fourth-order valence-corrected chi connectivity index (χ4v) is 0.663. The van der Waals surface area contributed by atoms with Crippen LogP contribution in [-0.2, 0) is 9.53 Å². The van der Waals surface area contributed by atoms with E-state index >= 15 is 0 Å². The van der Waals surface area contributed by atoms with Crippen molar-refractivity contribution in [2.75, 3.05) is 13.2 Å². The quantitative estimate of drug-likeness (QED) is 0.487. The van der Waals surface area contributed by atoms with E-state index in [1.54, 1.807) is 36.4 Å². The molecule has 0 aliphatic heterocycles. The van der Waals surface area contributed by atoms with Crippen molar-refractivity contribution in [1.82, 2.24) is 0 Å². The Morgan fingerprint density at radius 1 is 1.11 bits per heavy atom. The van der Waals surface area contributed by atoms with Gasteiger partial charge in [-0.2, -0.15) is 0 Å². The number of phenolic OH excluding ortho intramolecular Hbond substituents is 1. The van der Waals surface area contributed by atoms with Crippen LogP contribution in [0.1, 0.15) is 0 Å². The largest absolute Gasteiger partial charge is 0.508 e. The summed E-state index contributed by atoms with van der Waals surface area (Å²) in [6, 6.07) is 8.71. The van der Waals surface area contributed by atoms with Crippen LogP contribution in [0.15, 0.2) is 68.3 Å². The second-order valence-corrected chi connectivity index (χ2v) is 2.99. The predicted molar refractivity (Wildman–Crippen MR) is 77.2 cm³/mol. The summed E-state index contributed by atoms with van der Waals surface area (Å²) in [7, 11) is 0. The Morgan fingerprint density at radius 2 is 1.53 bits per heavy atom. The molecule has 0 fully saturated rings. The Bertz CT molecular complexity index is 350. The number of aromatic hydroxyl groups is 1. The van der Waals surface area contributed by atoms with Gasteiger partial charge in [0.25, 0.3) is 0 Å². The van der Waals surface area contributed by atoms with E-state index in [1.807, 2.05) is 6.07 Å². The fourth-order valence-electron chi connectivity index (χ4n) is 0.663. The number of para-hydroxylation sites is 1. The van der Waals surface area contributed by atoms with E-state index in [4.69, 9.17) is 14.9 Å². The number of aliphatic carboxylic acids is 1. The minimum absolute atomic E-state index is 0.322. The maximum atomic E-state index is 9.25. The maximum Gasteiger partial charge on any atom is 0.327 e. The second kappa shape index (κ2) is 15.7. The van der Waals surface area contributed by atoms with Crippen molar-refractivity contribution in [3.05, 3.63) is 68.3 Å². The average Bonchev–Trinajstić information content (AvgIpc) is 2.41. The zero-order valence-electron chi connectivity index (χ0n) is 10.9. The van der Waals surface area contributed by atoms with Crippen LogP contribution in [0.5, 0.6) is 5.75 Å². The number of ether oxygens (including phenoxy) is 1. The highest BCUT2D eigenvalue weighted by atomic mass is 16.5. The molecule has 0 amide bonds. The first-order valence-electron chi connectivity index (χ1n) is 5.47. The van der Waals surface area contributed by atoms with Gasteiger partial charge < -0.3 is 14.9 Å². The second-order valence-electron chi connectivity index (χ2n) is 2.99. The number of rotatable bonds is 5. The molecule has 0 spiro atoms. The van der Waals surface area contributed by atoms with E-state index in [9.17, 15) is 4.79 Å². The minimum Gasteiger partial charge on any atom is -0.508 e. The molecule has 0 aromatic heterocycles. The highest BCUT2D eigenvalue weighted by molar-refractivity contribution is 5.78. The van der Waals surface area contributed by atoms with Crippen molar-refractivity contribution < 1.29 is 19.7 Å². The molecular formula is C15H20O4. The average molecular weight is 264 g/mol. The topological polar surface area (TPSA) is 66.8 Å². The van der Waals surface area contributed by atoms with E-state index < -0.39 is 5.97 Å². The highest BCUT2D eigenvalue weighted by Crippen LogP contribution is 2.02. The SMILES string of the molecule is C=CC(=O)O.C=CCOCC=C.Oc1ccccc1. The lowest BCUT2D eigenvalue weighted by Gasteiger charge is -1.89. The first kappa shape index (κ1) is 19.0. The van der Waals surface area contributed by atoms with Crippen LogP contribution in [0, 0.1) is 0 Å². The molecule has 4 nitrogen and oxygen atoms in total. The predicted octanol–water partition coefficient (Wildman–Crippen LogP) is 3.02. The van der Waals surface area contributed by atoms with E-state index in [-0.39, 0.29) is 0 Å². The molecule has 0 unspecified atom stereocenters. The number of benzene rings is 1. The van der Waals surface area contributed by atoms with Crippen LogP contribution in [-0.4, -0.2) is 29.4 Å². The summed E-state index contributed by atoms with van der Waals surface area (Å²) in [5, 5.41) is 16.2. The number of hydrogen-bond acceptors (Lipinski definition) is 3. The summed E-state index contributed by atoms with van der Waals surface area (Å²) < 4.78 is 4.90. The van der Waals surface area contributed by atoms with Crippen LogP contribution in [0.4, 0.5) is 0 Å². The molecule has 2 N–H and O–H groups in total. The van der Waals surface area contributed by atoms with Gasteiger partial charge in [-0.15, -0.1) is 13.2 Å². The number of carboxylic acid groups (broad SMARTS) is 1. The van der Waals surface area contributed by atoms with Crippen molar-refractivity contribution >= 4 is 5.97 Å². The van der Waals surface area contributed by atoms with Gasteiger partial charge in [0.2, 0.25) is 0 Å².